The third-order valence-corrected chi connectivity index (χ3v) is 1.47. The van der Waals surface area contributed by atoms with Gasteiger partial charge in [0.05, 0.1) is 0 Å². The maximum atomic E-state index is 11.9. The lowest BCUT2D eigenvalue weighted by atomic mass is 10.2. The third kappa shape index (κ3) is 10.5. The topological polar surface area (TPSA) is 120 Å². The minimum atomic E-state index is -4.47. The van der Waals surface area contributed by atoms with E-state index in [4.69, 9.17) is 25.1 Å². The summed E-state index contributed by atoms with van der Waals surface area (Å²) in [4.78, 5) is 0. The summed E-state index contributed by atoms with van der Waals surface area (Å²) in [5.41, 5.74) is 0. The number of rotatable bonds is 4. The van der Waals surface area contributed by atoms with E-state index < -0.39 is 27.4 Å². The van der Waals surface area contributed by atoms with Crippen molar-refractivity contribution in [1.82, 2.24) is 0 Å². The van der Waals surface area contributed by atoms with E-state index in [1.165, 1.54) is 24.3 Å². The normalized spacial score (nSPS) is 10.2. The van der Waals surface area contributed by atoms with Crippen LogP contribution in [0.15, 0.2) is 24.3 Å². The molecule has 0 atom stereocenters. The van der Waals surface area contributed by atoms with Crippen LogP contribution in [0.1, 0.15) is 0 Å². The fraction of sp³-hybridized carbons (Fsp3) is 0.250. The number of halogens is 3. The van der Waals surface area contributed by atoms with Crippen LogP contribution < -0.4 is 9.39 Å². The van der Waals surface area contributed by atoms with Gasteiger partial charge in [0.15, 0.2) is 12.4 Å². The Morgan fingerprint density at radius 1 is 0.950 bits per heavy atom. The minimum absolute atomic E-state index is 0.179. The van der Waals surface area contributed by atoms with E-state index in [0.29, 0.717) is 0 Å². The second-order valence-electron chi connectivity index (χ2n) is 3.14. The number of ether oxygens (including phenoxy) is 1. The molecular weight excluding hydrogens is 287 g/mol. The molecule has 0 aliphatic carbocycles. The zero-order valence-electron chi connectivity index (χ0n) is 9.86. The minimum Gasteiger partial charge on any atom is -0.509 e. The fourth-order valence-corrected chi connectivity index (χ4v) is 0.940. The molecule has 0 saturated carbocycles. The molecule has 0 unspecified atom stereocenters. The first-order chi connectivity index (χ1) is 9.11. The van der Waals surface area contributed by atoms with Gasteiger partial charge in [0.1, 0.15) is 5.75 Å². The van der Waals surface area contributed by atoms with Crippen molar-refractivity contribution in [2.45, 2.75) is 6.18 Å². The van der Waals surface area contributed by atoms with Gasteiger partial charge >= 0.3 is 20.8 Å². The Bertz CT molecular complexity index is 386. The van der Waals surface area contributed by atoms with Gasteiger partial charge in [0, 0.05) is 0 Å². The summed E-state index contributed by atoms with van der Waals surface area (Å²) in [5, 5.41) is 38.5. The molecule has 0 amide bonds. The summed E-state index contributed by atoms with van der Waals surface area (Å²) in [6.07, 6.45) is -4.47. The van der Waals surface area contributed by atoms with Gasteiger partial charge in [-0.25, -0.2) is 0 Å². The van der Waals surface area contributed by atoms with Crippen LogP contribution >= 0.6 is 0 Å². The van der Waals surface area contributed by atoms with Crippen LogP contribution in [0.3, 0.4) is 0 Å². The summed E-state index contributed by atoms with van der Waals surface area (Å²) in [7, 11) is -4.28. The van der Waals surface area contributed by atoms with Crippen molar-refractivity contribution in [2.24, 2.45) is 0 Å². The molecule has 12 heteroatoms. The first kappa shape index (κ1) is 18.5. The van der Waals surface area contributed by atoms with Gasteiger partial charge in [-0.05, 0) is 12.1 Å². The second kappa shape index (κ2) is 8.66. The van der Waals surface area contributed by atoms with E-state index in [1.807, 2.05) is 0 Å². The predicted molar refractivity (Wildman–Crippen MR) is 61.2 cm³/mol. The standard InChI is InChI=1S/C8H8BF3O4.BH3O3/c10-8(11,12)5-15-6-3-1-2-4-7(6)16-9(13)14;2-1(3)4/h1-4,13-14H,5H2;2-4H. The van der Waals surface area contributed by atoms with Crippen molar-refractivity contribution in [2.75, 3.05) is 6.61 Å². The molecule has 20 heavy (non-hydrogen) atoms. The van der Waals surface area contributed by atoms with Gasteiger partial charge in [0.25, 0.3) is 0 Å². The molecule has 0 saturated heterocycles. The Morgan fingerprint density at radius 3 is 1.80 bits per heavy atom. The van der Waals surface area contributed by atoms with Crippen molar-refractivity contribution in [3.63, 3.8) is 0 Å². The van der Waals surface area contributed by atoms with E-state index in [-0.39, 0.29) is 11.5 Å². The average Bonchev–Trinajstić information content (AvgIpc) is 2.25. The second-order valence-corrected chi connectivity index (χ2v) is 3.14. The molecule has 0 aliphatic heterocycles. The number of para-hydroxylation sites is 2. The highest BCUT2D eigenvalue weighted by atomic mass is 19.4. The maximum Gasteiger partial charge on any atom is 0.707 e. The average molecular weight is 298 g/mol. The molecule has 1 rings (SSSR count). The Balaban J connectivity index is 0.000000796. The molecule has 0 aliphatic rings. The zero-order chi connectivity index (χ0) is 15.8. The molecule has 0 fully saturated rings. The first-order valence-electron chi connectivity index (χ1n) is 4.97. The summed E-state index contributed by atoms with van der Waals surface area (Å²) in [6, 6.07) is 5.37. The third-order valence-electron chi connectivity index (χ3n) is 1.47. The van der Waals surface area contributed by atoms with Crippen LogP contribution in [-0.4, -0.2) is 52.5 Å². The van der Waals surface area contributed by atoms with E-state index >= 15 is 0 Å². The number of hydrogen-bond donors (Lipinski definition) is 5. The van der Waals surface area contributed by atoms with Crippen LogP contribution in [0.4, 0.5) is 13.2 Å². The molecule has 0 aromatic heterocycles. The van der Waals surface area contributed by atoms with Gasteiger partial charge in [0.2, 0.25) is 0 Å². The van der Waals surface area contributed by atoms with Crippen LogP contribution in [0, 0.1) is 0 Å². The molecule has 5 N–H and O–H groups in total. The Morgan fingerprint density at radius 2 is 1.40 bits per heavy atom. The summed E-state index contributed by atoms with van der Waals surface area (Å²) < 4.78 is 44.5. The molecule has 1 aromatic rings. The smallest absolute Gasteiger partial charge is 0.509 e. The van der Waals surface area contributed by atoms with Crippen molar-refractivity contribution in [3.05, 3.63) is 24.3 Å². The van der Waals surface area contributed by atoms with E-state index in [2.05, 4.69) is 9.39 Å². The Labute approximate surface area is 112 Å². The zero-order valence-corrected chi connectivity index (χ0v) is 9.86. The molecule has 0 spiro atoms. The van der Waals surface area contributed by atoms with E-state index in [0.717, 1.165) is 0 Å². The quantitative estimate of drug-likeness (QED) is 0.449. The van der Waals surface area contributed by atoms with Crippen molar-refractivity contribution in [3.8, 4) is 11.5 Å². The van der Waals surface area contributed by atoms with Gasteiger partial charge in [-0.1, -0.05) is 12.1 Å². The molecule has 112 valence electrons. The number of alkyl halides is 3. The lowest BCUT2D eigenvalue weighted by molar-refractivity contribution is -0.153. The maximum absolute atomic E-state index is 11.9. The fourth-order valence-electron chi connectivity index (χ4n) is 0.940. The van der Waals surface area contributed by atoms with Crippen LogP contribution in [0.5, 0.6) is 11.5 Å². The molecule has 7 nitrogen and oxygen atoms in total. The van der Waals surface area contributed by atoms with E-state index in [9.17, 15) is 13.2 Å². The van der Waals surface area contributed by atoms with Gasteiger partial charge in [-0.2, -0.15) is 13.2 Å². The molecule has 0 bridgehead atoms. The van der Waals surface area contributed by atoms with Gasteiger partial charge < -0.3 is 34.5 Å². The molecule has 0 heterocycles. The van der Waals surface area contributed by atoms with Crippen molar-refractivity contribution in [1.29, 1.82) is 0 Å². The van der Waals surface area contributed by atoms with Crippen LogP contribution in [0.25, 0.3) is 0 Å². The SMILES string of the molecule is OB(O)O.OB(O)Oc1ccccc1OCC(F)(F)F. The molecular formula is C8H11B2F3O7. The van der Waals surface area contributed by atoms with Crippen molar-refractivity contribution < 1.29 is 47.7 Å². The number of hydrogen-bond acceptors (Lipinski definition) is 7. The summed E-state index contributed by atoms with van der Waals surface area (Å²) in [6.45, 7) is -1.48. The highest BCUT2D eigenvalue weighted by Crippen LogP contribution is 2.28. The summed E-state index contributed by atoms with van der Waals surface area (Å²) in [5.74, 6) is -0.394. The highest BCUT2D eigenvalue weighted by molar-refractivity contribution is 6.33. The first-order valence-corrected chi connectivity index (χ1v) is 4.97. The van der Waals surface area contributed by atoms with Crippen LogP contribution in [-0.2, 0) is 0 Å². The van der Waals surface area contributed by atoms with Gasteiger partial charge in [-0.3, -0.25) is 0 Å². The lowest BCUT2D eigenvalue weighted by Gasteiger charge is -2.13. The van der Waals surface area contributed by atoms with Gasteiger partial charge in [-0.15, -0.1) is 0 Å². The molecule has 1 aromatic carbocycles. The van der Waals surface area contributed by atoms with E-state index in [1.54, 1.807) is 0 Å². The van der Waals surface area contributed by atoms with Crippen molar-refractivity contribution >= 4 is 14.6 Å². The number of benzene rings is 1. The highest BCUT2D eigenvalue weighted by Gasteiger charge is 2.29. The molecule has 0 radical (unpaired) electrons. The Hall–Kier alpha value is -1.46. The predicted octanol–water partition coefficient (Wildman–Crippen LogP) is -1.08. The lowest BCUT2D eigenvalue weighted by Crippen LogP contribution is -2.22. The monoisotopic (exact) mass is 298 g/mol. The summed E-state index contributed by atoms with van der Waals surface area (Å²) >= 11 is 0. The largest absolute Gasteiger partial charge is 0.707 e. The van der Waals surface area contributed by atoms with Crippen LogP contribution in [0.2, 0.25) is 0 Å². The Kier molecular flexibility index (Phi) is 8.03.